The molecule has 1 aromatic carbocycles. The SMILES string of the molecule is CC(=O)N1C(COc2ccccc2)=NNN1N1CCN(c2ccncc2)CC1. The van der Waals surface area contributed by atoms with E-state index in [1.54, 1.807) is 17.6 Å². The van der Waals surface area contributed by atoms with Crippen molar-refractivity contribution in [2.75, 3.05) is 37.7 Å². The van der Waals surface area contributed by atoms with Gasteiger partial charge in [0, 0.05) is 51.2 Å². The third-order valence-electron chi connectivity index (χ3n) is 4.66. The zero-order chi connectivity index (χ0) is 19.3. The predicted octanol–water partition coefficient (Wildman–Crippen LogP) is 1.09. The number of nitrogens with one attached hydrogen (secondary N) is 1. The average Bonchev–Trinajstić information content (AvgIpc) is 3.18. The van der Waals surface area contributed by atoms with Gasteiger partial charge in [-0.1, -0.05) is 18.2 Å². The Morgan fingerprint density at radius 2 is 1.79 bits per heavy atom. The molecule has 1 fully saturated rings. The number of carbonyl (C=O) groups excluding carboxylic acids is 1. The van der Waals surface area contributed by atoms with Crippen molar-refractivity contribution < 1.29 is 9.53 Å². The number of amides is 1. The van der Waals surface area contributed by atoms with Gasteiger partial charge in [-0.05, 0) is 29.5 Å². The molecular formula is C19H23N7O2. The topological polar surface area (TPSA) is 76.5 Å². The summed E-state index contributed by atoms with van der Waals surface area (Å²) in [4.78, 5) is 18.6. The highest BCUT2D eigenvalue weighted by Gasteiger charge is 2.35. The van der Waals surface area contributed by atoms with Crippen LogP contribution in [-0.4, -0.2) is 64.8 Å². The van der Waals surface area contributed by atoms with Crippen molar-refractivity contribution in [3.63, 3.8) is 0 Å². The second-order valence-corrected chi connectivity index (χ2v) is 6.50. The lowest BCUT2D eigenvalue weighted by atomic mass is 10.3. The summed E-state index contributed by atoms with van der Waals surface area (Å²) in [6.07, 6.45) is 3.60. The number of hydrogen-bond acceptors (Lipinski definition) is 8. The standard InChI is InChI=1S/C19H23N7O2/c1-16(27)25-19(15-28-18-5-3-2-4-6-18)21-22-26(25)24-13-11-23(12-14-24)17-7-9-20-10-8-17/h2-10,22H,11-15H2,1H3. The molecule has 0 spiro atoms. The quantitative estimate of drug-likeness (QED) is 0.831. The van der Waals surface area contributed by atoms with Gasteiger partial charge >= 0.3 is 0 Å². The number of hydrazone groups is 1. The van der Waals surface area contributed by atoms with Crippen LogP contribution in [0.1, 0.15) is 6.92 Å². The first-order valence-corrected chi connectivity index (χ1v) is 9.23. The van der Waals surface area contributed by atoms with Gasteiger partial charge in [-0.25, -0.2) is 5.53 Å². The molecule has 1 amide bonds. The molecule has 0 unspecified atom stereocenters. The monoisotopic (exact) mass is 381 g/mol. The van der Waals surface area contributed by atoms with Crippen molar-refractivity contribution in [2.45, 2.75) is 6.92 Å². The number of amidine groups is 1. The normalized spacial score (nSPS) is 18.0. The molecule has 3 heterocycles. The highest BCUT2D eigenvalue weighted by Crippen LogP contribution is 2.18. The lowest BCUT2D eigenvalue weighted by Gasteiger charge is -2.41. The van der Waals surface area contributed by atoms with Gasteiger partial charge in [0.2, 0.25) is 5.91 Å². The van der Waals surface area contributed by atoms with E-state index < -0.39 is 0 Å². The summed E-state index contributed by atoms with van der Waals surface area (Å²) in [6.45, 7) is 4.89. The molecule has 9 heteroatoms. The Bertz CT molecular complexity index is 823. The molecule has 1 aromatic heterocycles. The van der Waals surface area contributed by atoms with Crippen LogP contribution in [0.2, 0.25) is 0 Å². The zero-order valence-electron chi connectivity index (χ0n) is 15.7. The van der Waals surface area contributed by atoms with Gasteiger partial charge in [-0.2, -0.15) is 10.0 Å². The predicted molar refractivity (Wildman–Crippen MR) is 105 cm³/mol. The van der Waals surface area contributed by atoms with Crippen LogP contribution in [0.5, 0.6) is 5.75 Å². The van der Waals surface area contributed by atoms with Crippen molar-refractivity contribution in [2.24, 2.45) is 5.10 Å². The van der Waals surface area contributed by atoms with E-state index in [2.05, 4.69) is 25.5 Å². The third-order valence-corrected chi connectivity index (χ3v) is 4.66. The molecule has 0 saturated carbocycles. The fourth-order valence-corrected chi connectivity index (χ4v) is 3.27. The third kappa shape index (κ3) is 3.90. The maximum absolute atomic E-state index is 12.3. The Kier molecular flexibility index (Phi) is 5.36. The minimum atomic E-state index is -0.128. The van der Waals surface area contributed by atoms with Crippen LogP contribution >= 0.6 is 0 Å². The van der Waals surface area contributed by atoms with Crippen LogP contribution < -0.4 is 15.2 Å². The van der Waals surface area contributed by atoms with Gasteiger partial charge in [-0.15, -0.1) is 5.10 Å². The van der Waals surface area contributed by atoms with Gasteiger partial charge < -0.3 is 9.64 Å². The molecule has 0 radical (unpaired) electrons. The van der Waals surface area contributed by atoms with Crippen molar-refractivity contribution in [1.29, 1.82) is 0 Å². The Morgan fingerprint density at radius 1 is 1.07 bits per heavy atom. The van der Waals surface area contributed by atoms with E-state index in [0.29, 0.717) is 5.84 Å². The van der Waals surface area contributed by atoms with E-state index in [0.717, 1.165) is 37.6 Å². The van der Waals surface area contributed by atoms with E-state index in [-0.39, 0.29) is 12.5 Å². The van der Waals surface area contributed by atoms with E-state index in [9.17, 15) is 4.79 Å². The molecule has 1 N–H and O–H groups in total. The first-order chi connectivity index (χ1) is 13.7. The Morgan fingerprint density at radius 3 is 2.46 bits per heavy atom. The molecule has 0 aliphatic carbocycles. The summed E-state index contributed by atoms with van der Waals surface area (Å²) in [5, 5.41) is 9.56. The summed E-state index contributed by atoms with van der Waals surface area (Å²) in [7, 11) is 0. The van der Waals surface area contributed by atoms with Crippen LogP contribution in [0.25, 0.3) is 0 Å². The van der Waals surface area contributed by atoms with Crippen molar-refractivity contribution in [1.82, 2.24) is 25.8 Å². The molecule has 2 aliphatic rings. The number of rotatable bonds is 5. The highest BCUT2D eigenvalue weighted by atomic mass is 16.5. The number of hydrazine groups is 3. The van der Waals surface area contributed by atoms with Crippen LogP contribution in [0, 0.1) is 0 Å². The Labute approximate surface area is 163 Å². The molecule has 1 saturated heterocycles. The van der Waals surface area contributed by atoms with Crippen LogP contribution in [0.3, 0.4) is 0 Å². The number of ether oxygens (including phenoxy) is 1. The van der Waals surface area contributed by atoms with E-state index in [1.165, 1.54) is 11.9 Å². The van der Waals surface area contributed by atoms with E-state index in [1.807, 2.05) is 42.5 Å². The summed E-state index contributed by atoms with van der Waals surface area (Å²) in [5.74, 6) is 1.13. The van der Waals surface area contributed by atoms with Crippen LogP contribution in [0.4, 0.5) is 5.69 Å². The summed E-state index contributed by atoms with van der Waals surface area (Å²) in [5.41, 5.74) is 4.10. The van der Waals surface area contributed by atoms with E-state index >= 15 is 0 Å². The number of pyridine rings is 1. The number of nitrogens with zero attached hydrogens (tertiary/aromatic N) is 6. The van der Waals surface area contributed by atoms with Crippen LogP contribution in [-0.2, 0) is 4.79 Å². The molecule has 146 valence electrons. The van der Waals surface area contributed by atoms with Gasteiger partial charge in [0.25, 0.3) is 0 Å². The number of para-hydroxylation sites is 1. The number of carbonyl (C=O) groups is 1. The maximum Gasteiger partial charge on any atom is 0.242 e. The summed E-state index contributed by atoms with van der Waals surface area (Å²) in [6, 6.07) is 13.5. The zero-order valence-corrected chi connectivity index (χ0v) is 15.7. The lowest BCUT2D eigenvalue weighted by molar-refractivity contribution is -0.187. The average molecular weight is 381 g/mol. The first-order valence-electron chi connectivity index (χ1n) is 9.23. The highest BCUT2D eigenvalue weighted by molar-refractivity contribution is 5.98. The molecule has 0 bridgehead atoms. The summed E-state index contributed by atoms with van der Waals surface area (Å²) >= 11 is 0. The molecule has 2 aliphatic heterocycles. The number of benzene rings is 1. The van der Waals surface area contributed by atoms with Gasteiger partial charge in [0.1, 0.15) is 12.4 Å². The smallest absolute Gasteiger partial charge is 0.242 e. The largest absolute Gasteiger partial charge is 0.486 e. The molecule has 9 nitrogen and oxygen atoms in total. The van der Waals surface area contributed by atoms with Crippen molar-refractivity contribution >= 4 is 17.4 Å². The van der Waals surface area contributed by atoms with Crippen molar-refractivity contribution in [3.05, 3.63) is 54.9 Å². The Hall–Kier alpha value is -3.17. The first kappa shape index (κ1) is 18.2. The fraction of sp³-hybridized carbons (Fsp3) is 0.316. The second kappa shape index (κ2) is 8.24. The fourth-order valence-electron chi connectivity index (χ4n) is 3.27. The molecule has 0 atom stereocenters. The molecule has 2 aromatic rings. The Balaban J connectivity index is 1.37. The number of piperazine rings is 1. The minimum absolute atomic E-state index is 0.128. The van der Waals surface area contributed by atoms with Crippen LogP contribution in [0.15, 0.2) is 60.0 Å². The number of aromatic nitrogens is 1. The lowest BCUT2D eigenvalue weighted by Crippen LogP contribution is -2.62. The van der Waals surface area contributed by atoms with Gasteiger partial charge in [0.05, 0.1) is 0 Å². The number of hydrogen-bond donors (Lipinski definition) is 1. The maximum atomic E-state index is 12.3. The van der Waals surface area contributed by atoms with Crippen molar-refractivity contribution in [3.8, 4) is 5.75 Å². The minimum Gasteiger partial charge on any atom is -0.486 e. The molecule has 28 heavy (non-hydrogen) atoms. The second-order valence-electron chi connectivity index (χ2n) is 6.50. The summed E-state index contributed by atoms with van der Waals surface area (Å²) < 4.78 is 5.76. The van der Waals surface area contributed by atoms with Gasteiger partial charge in [-0.3, -0.25) is 9.78 Å². The van der Waals surface area contributed by atoms with Gasteiger partial charge in [0.15, 0.2) is 5.84 Å². The molecule has 4 rings (SSSR count). The number of anilines is 1. The molecular weight excluding hydrogens is 358 g/mol. The van der Waals surface area contributed by atoms with E-state index in [4.69, 9.17) is 4.74 Å².